The third-order valence-electron chi connectivity index (χ3n) is 9.31. The largest absolute Gasteiger partial charge is 0.512 e. The Morgan fingerprint density at radius 1 is 1.02 bits per heavy atom. The van der Waals surface area contributed by atoms with E-state index in [2.05, 4.69) is 67.8 Å². The van der Waals surface area contributed by atoms with E-state index >= 15 is 0 Å². The maximum absolute atomic E-state index is 11.7. The van der Waals surface area contributed by atoms with Crippen molar-refractivity contribution in [2.24, 2.45) is 11.8 Å². The van der Waals surface area contributed by atoms with E-state index in [-0.39, 0.29) is 48.9 Å². The molecule has 46 heavy (non-hydrogen) atoms. The maximum Gasteiger partial charge on any atom is 0.162 e. The van der Waals surface area contributed by atoms with Crippen molar-refractivity contribution in [3.8, 4) is 11.3 Å². The van der Waals surface area contributed by atoms with E-state index < -0.39 is 0 Å². The number of aliphatic hydroxyl groups is 1. The van der Waals surface area contributed by atoms with Gasteiger partial charge in [-0.1, -0.05) is 77.6 Å². The summed E-state index contributed by atoms with van der Waals surface area (Å²) in [6.45, 7) is 16.0. The minimum absolute atomic E-state index is 0. The molecule has 3 aromatic heterocycles. The van der Waals surface area contributed by atoms with Crippen molar-refractivity contribution in [3.05, 3.63) is 71.9 Å². The molecular weight excluding hydrogens is 767 g/mol. The number of thiophene rings is 1. The van der Waals surface area contributed by atoms with E-state index in [0.717, 1.165) is 60.8 Å². The van der Waals surface area contributed by atoms with Crippen molar-refractivity contribution in [3.63, 3.8) is 0 Å². The van der Waals surface area contributed by atoms with Crippen LogP contribution in [0.4, 0.5) is 0 Å². The minimum atomic E-state index is 0. The molecule has 0 unspecified atom stereocenters. The first-order valence-corrected chi connectivity index (χ1v) is 17.6. The van der Waals surface area contributed by atoms with Crippen LogP contribution < -0.4 is 0 Å². The number of allylic oxidation sites excluding steroid dienone is 2. The summed E-state index contributed by atoms with van der Waals surface area (Å²) in [7, 11) is 0. The first-order chi connectivity index (χ1) is 21.6. The van der Waals surface area contributed by atoms with Crippen LogP contribution in [-0.2, 0) is 43.3 Å². The topological polar surface area (TPSA) is 68.0 Å². The molecule has 1 aliphatic heterocycles. The fourth-order valence-electron chi connectivity index (χ4n) is 6.52. The van der Waals surface area contributed by atoms with Gasteiger partial charge in [0.15, 0.2) is 5.78 Å². The van der Waals surface area contributed by atoms with Gasteiger partial charge in [-0.2, -0.15) is 0 Å². The van der Waals surface area contributed by atoms with Crippen molar-refractivity contribution in [2.45, 2.75) is 105 Å². The fraction of sp³-hybridized carbons (Fsp3) is 0.462. The van der Waals surface area contributed by atoms with Crippen LogP contribution in [-0.4, -0.2) is 25.4 Å². The van der Waals surface area contributed by atoms with Crippen LogP contribution in [0.2, 0.25) is 0 Å². The second-order valence-electron chi connectivity index (χ2n) is 13.3. The molecule has 4 heterocycles. The molecule has 0 spiro atoms. The normalized spacial score (nSPS) is 13.6. The minimum Gasteiger partial charge on any atom is -0.512 e. The predicted molar refractivity (Wildman–Crippen MR) is 190 cm³/mol. The number of rotatable bonds is 8. The molecule has 0 aliphatic carbocycles. The number of hydrogen-bond acceptors (Lipinski definition) is 5. The zero-order valence-electron chi connectivity index (χ0n) is 28.4. The number of imidazole rings is 1. The molecule has 7 heteroatoms. The molecule has 0 saturated heterocycles. The molecule has 6 rings (SSSR count). The van der Waals surface area contributed by atoms with Crippen LogP contribution in [0, 0.1) is 17.9 Å². The van der Waals surface area contributed by atoms with Crippen molar-refractivity contribution in [2.75, 3.05) is 0 Å². The molecule has 247 valence electrons. The molecule has 0 fully saturated rings. The Balaban J connectivity index is 0.000000259. The summed E-state index contributed by atoms with van der Waals surface area (Å²) >= 11 is 1.84. The fourth-order valence-corrected chi connectivity index (χ4v) is 7.81. The van der Waals surface area contributed by atoms with Gasteiger partial charge in [0, 0.05) is 73.0 Å². The molecule has 0 saturated carbocycles. The van der Waals surface area contributed by atoms with Gasteiger partial charge >= 0.3 is 0 Å². The molecule has 1 radical (unpaired) electrons. The zero-order chi connectivity index (χ0) is 32.3. The van der Waals surface area contributed by atoms with Gasteiger partial charge in [-0.05, 0) is 50.0 Å². The zero-order valence-corrected chi connectivity index (χ0v) is 31.6. The van der Waals surface area contributed by atoms with Gasteiger partial charge in [0.1, 0.15) is 16.2 Å². The third-order valence-corrected chi connectivity index (χ3v) is 10.5. The molecule has 5 aromatic rings. The van der Waals surface area contributed by atoms with Crippen molar-refractivity contribution in [1.82, 2.24) is 14.5 Å². The van der Waals surface area contributed by atoms with Gasteiger partial charge in [0.25, 0.3) is 0 Å². The van der Waals surface area contributed by atoms with Crippen molar-refractivity contribution < 1.29 is 30.0 Å². The second kappa shape index (κ2) is 15.4. The van der Waals surface area contributed by atoms with Crippen LogP contribution in [0.1, 0.15) is 98.4 Å². The Labute approximate surface area is 291 Å². The van der Waals surface area contributed by atoms with Crippen molar-refractivity contribution in [1.29, 1.82) is 0 Å². The number of fused-ring (bicyclic) bond motifs is 6. The molecule has 1 N–H and O–H groups in total. The number of nitrogens with zero attached hydrogens (tertiary/aromatic N) is 3. The molecule has 0 atom stereocenters. The van der Waals surface area contributed by atoms with Gasteiger partial charge in [-0.25, -0.2) is 4.98 Å². The Bertz CT molecular complexity index is 1840. The summed E-state index contributed by atoms with van der Waals surface area (Å²) in [5, 5.41) is 13.4. The number of pyridine rings is 1. The van der Waals surface area contributed by atoms with Crippen LogP contribution in [0.5, 0.6) is 0 Å². The van der Waals surface area contributed by atoms with Gasteiger partial charge in [-0.3, -0.25) is 9.78 Å². The van der Waals surface area contributed by atoms with Crippen molar-refractivity contribution >= 4 is 48.3 Å². The average Bonchev–Trinajstić information content (AvgIpc) is 3.58. The van der Waals surface area contributed by atoms with E-state index in [0.29, 0.717) is 0 Å². The van der Waals surface area contributed by atoms with E-state index in [1.165, 1.54) is 50.6 Å². The first-order valence-electron chi connectivity index (χ1n) is 16.8. The Morgan fingerprint density at radius 2 is 1.72 bits per heavy atom. The van der Waals surface area contributed by atoms with E-state index in [9.17, 15) is 9.90 Å². The number of benzene rings is 2. The van der Waals surface area contributed by atoms with Gasteiger partial charge in [-0.15, -0.1) is 40.5 Å². The Hall–Kier alpha value is -2.86. The predicted octanol–water partition coefficient (Wildman–Crippen LogP) is 10.8. The summed E-state index contributed by atoms with van der Waals surface area (Å²) in [6, 6.07) is 16.7. The molecule has 0 amide bonds. The van der Waals surface area contributed by atoms with E-state index in [1.54, 1.807) is 0 Å². The second-order valence-corrected chi connectivity index (χ2v) is 14.3. The SMILES string of the molecule is CC(C)(C)c1cc(-c2nccc3c2sc2c3nc3n2CCCC3)[c-]c2ccccc12.CCC(CC)C(=O)/C=C(\O)C(CC)CC.[Ir]. The quantitative estimate of drug-likeness (QED) is 0.0962. The van der Waals surface area contributed by atoms with Crippen LogP contribution in [0.15, 0.2) is 54.4 Å². The number of aromatic nitrogens is 3. The molecule has 1 aliphatic rings. The van der Waals surface area contributed by atoms with Gasteiger partial charge in [0.2, 0.25) is 0 Å². The van der Waals surface area contributed by atoms with Gasteiger partial charge < -0.3 is 9.67 Å². The third kappa shape index (κ3) is 7.32. The number of ketones is 1. The molecule has 5 nitrogen and oxygen atoms in total. The van der Waals surface area contributed by atoms with E-state index in [1.807, 2.05) is 45.2 Å². The maximum atomic E-state index is 11.7. The number of carbonyl (C=O) groups is 1. The van der Waals surface area contributed by atoms with Crippen LogP contribution in [0.3, 0.4) is 0 Å². The average molecular weight is 815 g/mol. The molecule has 0 bridgehead atoms. The number of carbonyl (C=O) groups excluding carboxylic acids is 1. The summed E-state index contributed by atoms with van der Waals surface area (Å²) in [6.07, 6.45) is 10.4. The summed E-state index contributed by atoms with van der Waals surface area (Å²) in [4.78, 5) is 22.9. The summed E-state index contributed by atoms with van der Waals surface area (Å²) < 4.78 is 3.65. The van der Waals surface area contributed by atoms with E-state index in [4.69, 9.17) is 9.97 Å². The number of hydrogen-bond donors (Lipinski definition) is 1. The monoisotopic (exact) mass is 815 g/mol. The molecular formula is C39H48IrN3O2S-. The first kappa shape index (κ1) is 36.0. The molecule has 2 aromatic carbocycles. The smallest absolute Gasteiger partial charge is 0.162 e. The van der Waals surface area contributed by atoms with Gasteiger partial charge in [0.05, 0.1) is 5.76 Å². The van der Waals surface area contributed by atoms with Crippen LogP contribution >= 0.6 is 11.3 Å². The summed E-state index contributed by atoms with van der Waals surface area (Å²) in [5.74, 6) is 1.79. The Morgan fingerprint density at radius 3 is 2.39 bits per heavy atom. The Kier molecular flexibility index (Phi) is 12.0. The number of aliphatic hydroxyl groups excluding tert-OH is 1. The summed E-state index contributed by atoms with van der Waals surface area (Å²) in [5.41, 5.74) is 4.63. The van der Waals surface area contributed by atoms with Crippen LogP contribution in [0.25, 0.3) is 42.5 Å². The standard InChI is InChI=1S/C26H24N3S.C13H24O2.Ir/c1-26(2,3)20-15-17(14-16-8-4-5-9-18(16)20)22-24-19(11-12-27-22)23-25(30-24)29-13-7-6-10-21(29)28-23;1-5-10(6-2)12(14)9-13(15)11(7-3)8-4;/h4-5,8-9,11-12,15H,6-7,10,13H2,1-3H3;9-11,14H,5-8H2,1-4H3;/q-1;;/b;12-9-;. The number of aryl methyl sites for hydroxylation is 2.